The van der Waals surface area contributed by atoms with E-state index in [0.29, 0.717) is 6.04 Å². The van der Waals surface area contributed by atoms with E-state index < -0.39 is 0 Å². The second kappa shape index (κ2) is 9.35. The van der Waals surface area contributed by atoms with Crippen LogP contribution in [0.4, 0.5) is 0 Å². The second-order valence-electron chi connectivity index (χ2n) is 5.01. The van der Waals surface area contributed by atoms with Gasteiger partial charge >= 0.3 is 0 Å². The number of nitrogens with zero attached hydrogens (tertiary/aromatic N) is 2. The lowest BCUT2D eigenvalue weighted by molar-refractivity contribution is 0.251. The molecule has 0 aliphatic carbocycles. The minimum Gasteiger partial charge on any atom is -0.479 e. The molecule has 0 saturated heterocycles. The highest BCUT2D eigenvalue weighted by atomic mass is 16.5. The van der Waals surface area contributed by atoms with Crippen LogP contribution in [0, 0.1) is 11.3 Å². The van der Waals surface area contributed by atoms with Crippen LogP contribution in [0.1, 0.15) is 25.8 Å². The molecule has 0 aromatic heterocycles. The number of ether oxygens (including phenoxy) is 1. The molecule has 0 radical (unpaired) electrons. The first-order valence-electron chi connectivity index (χ1n) is 7.17. The summed E-state index contributed by atoms with van der Waals surface area (Å²) in [5.74, 6) is 0.742. The number of nitrogens with one attached hydrogen (secondary N) is 1. The Morgan fingerprint density at radius 1 is 1.35 bits per heavy atom. The zero-order valence-electron chi connectivity index (χ0n) is 12.7. The van der Waals surface area contributed by atoms with E-state index in [2.05, 4.69) is 31.1 Å². The maximum absolute atomic E-state index is 8.44. The average Bonchev–Trinajstić information content (AvgIpc) is 2.49. The number of hydrogen-bond acceptors (Lipinski definition) is 4. The van der Waals surface area contributed by atoms with Crippen molar-refractivity contribution in [3.8, 4) is 11.8 Å². The van der Waals surface area contributed by atoms with Gasteiger partial charge in [0.15, 0.2) is 6.61 Å². The van der Waals surface area contributed by atoms with Gasteiger partial charge in [0.1, 0.15) is 11.8 Å². The third-order valence-corrected chi connectivity index (χ3v) is 3.54. The first-order valence-corrected chi connectivity index (χ1v) is 7.17. The van der Waals surface area contributed by atoms with E-state index >= 15 is 0 Å². The molecule has 0 aliphatic rings. The lowest BCUT2D eigenvalue weighted by Gasteiger charge is -2.23. The normalized spacial score (nSPS) is 12.2. The van der Waals surface area contributed by atoms with Crippen LogP contribution in [0.5, 0.6) is 5.75 Å². The summed E-state index contributed by atoms with van der Waals surface area (Å²) in [6.07, 6.45) is 1.18. The van der Waals surface area contributed by atoms with Crippen molar-refractivity contribution < 1.29 is 4.74 Å². The summed E-state index contributed by atoms with van der Waals surface area (Å²) in [4.78, 5) is 2.37. The molecular weight excluding hydrogens is 250 g/mol. The van der Waals surface area contributed by atoms with Crippen LogP contribution < -0.4 is 10.1 Å². The van der Waals surface area contributed by atoms with Crippen molar-refractivity contribution in [1.29, 1.82) is 5.26 Å². The molecule has 20 heavy (non-hydrogen) atoms. The molecule has 0 amide bonds. The molecule has 1 aromatic rings. The van der Waals surface area contributed by atoms with Crippen molar-refractivity contribution in [2.45, 2.75) is 32.9 Å². The Balaban J connectivity index is 2.24. The predicted molar refractivity (Wildman–Crippen MR) is 81.6 cm³/mol. The Morgan fingerprint density at radius 3 is 2.65 bits per heavy atom. The summed E-state index contributed by atoms with van der Waals surface area (Å²) in [6.45, 7) is 7.45. The zero-order chi connectivity index (χ0) is 14.8. The molecule has 1 N–H and O–H groups in total. The third-order valence-electron chi connectivity index (χ3n) is 3.54. The quantitative estimate of drug-likeness (QED) is 0.703. The van der Waals surface area contributed by atoms with Crippen LogP contribution in [0.25, 0.3) is 0 Å². The Labute approximate surface area is 122 Å². The van der Waals surface area contributed by atoms with Gasteiger partial charge in [-0.25, -0.2) is 0 Å². The van der Waals surface area contributed by atoms with Crippen LogP contribution >= 0.6 is 0 Å². The number of rotatable bonds is 9. The Bertz CT molecular complexity index is 411. The molecule has 1 aromatic carbocycles. The molecule has 0 spiro atoms. The van der Waals surface area contributed by atoms with Gasteiger partial charge in [-0.15, -0.1) is 0 Å². The summed E-state index contributed by atoms with van der Waals surface area (Å²) in [5, 5.41) is 11.9. The first-order chi connectivity index (χ1) is 9.67. The fourth-order valence-electron chi connectivity index (χ4n) is 1.84. The van der Waals surface area contributed by atoms with Crippen molar-refractivity contribution in [3.05, 3.63) is 29.8 Å². The fourth-order valence-corrected chi connectivity index (χ4v) is 1.84. The first kappa shape index (κ1) is 16.5. The van der Waals surface area contributed by atoms with Crippen LogP contribution in [0.2, 0.25) is 0 Å². The number of nitriles is 1. The van der Waals surface area contributed by atoms with Crippen molar-refractivity contribution >= 4 is 0 Å². The van der Waals surface area contributed by atoms with Crippen LogP contribution in [-0.4, -0.2) is 37.7 Å². The molecule has 1 unspecified atom stereocenters. The fraction of sp³-hybridized carbons (Fsp3) is 0.562. The van der Waals surface area contributed by atoms with Crippen molar-refractivity contribution in [1.82, 2.24) is 10.2 Å². The van der Waals surface area contributed by atoms with Gasteiger partial charge in [0.25, 0.3) is 0 Å². The molecule has 4 nitrogen and oxygen atoms in total. The van der Waals surface area contributed by atoms with Gasteiger partial charge in [-0.1, -0.05) is 19.1 Å². The van der Waals surface area contributed by atoms with Gasteiger partial charge in [-0.3, -0.25) is 0 Å². The smallest absolute Gasteiger partial charge is 0.174 e. The van der Waals surface area contributed by atoms with Gasteiger partial charge in [0.2, 0.25) is 0 Å². The predicted octanol–water partition coefficient (Wildman–Crippen LogP) is 2.41. The Morgan fingerprint density at radius 2 is 2.05 bits per heavy atom. The van der Waals surface area contributed by atoms with Gasteiger partial charge in [-0.2, -0.15) is 5.26 Å². The van der Waals surface area contributed by atoms with Crippen LogP contribution in [0.15, 0.2) is 24.3 Å². The third kappa shape index (κ3) is 6.05. The number of benzene rings is 1. The van der Waals surface area contributed by atoms with Gasteiger partial charge in [0, 0.05) is 25.7 Å². The SMILES string of the molecule is CCC(C)N(C)CCNCc1ccc(OCC#N)cc1. The van der Waals surface area contributed by atoms with Crippen molar-refractivity contribution in [3.63, 3.8) is 0 Å². The van der Waals surface area contributed by atoms with E-state index in [0.717, 1.165) is 25.4 Å². The van der Waals surface area contributed by atoms with Crippen LogP contribution in [-0.2, 0) is 6.54 Å². The topological polar surface area (TPSA) is 48.3 Å². The van der Waals surface area contributed by atoms with Crippen molar-refractivity contribution in [2.75, 3.05) is 26.7 Å². The van der Waals surface area contributed by atoms with E-state index in [1.807, 2.05) is 30.3 Å². The molecular formula is C16H25N3O. The Kier molecular flexibility index (Phi) is 7.71. The number of hydrogen-bond donors (Lipinski definition) is 1. The van der Waals surface area contributed by atoms with Gasteiger partial charge < -0.3 is 15.0 Å². The maximum atomic E-state index is 8.44. The molecule has 1 atom stereocenters. The van der Waals surface area contributed by atoms with Crippen molar-refractivity contribution in [2.24, 2.45) is 0 Å². The standard InChI is InChI=1S/C16H25N3O/c1-4-14(2)19(3)11-10-18-13-15-5-7-16(8-6-15)20-12-9-17/h5-8,14,18H,4,10-13H2,1-3H3. The highest BCUT2D eigenvalue weighted by Crippen LogP contribution is 2.11. The van der Waals surface area contributed by atoms with E-state index in [4.69, 9.17) is 10.00 Å². The minimum absolute atomic E-state index is 0.0968. The molecule has 0 heterocycles. The monoisotopic (exact) mass is 275 g/mol. The van der Waals surface area contributed by atoms with E-state index in [1.54, 1.807) is 0 Å². The average molecular weight is 275 g/mol. The summed E-state index contributed by atoms with van der Waals surface area (Å²) in [7, 11) is 2.16. The molecule has 1 rings (SSSR count). The highest BCUT2D eigenvalue weighted by Gasteiger charge is 2.05. The van der Waals surface area contributed by atoms with E-state index in [-0.39, 0.29) is 6.61 Å². The second-order valence-corrected chi connectivity index (χ2v) is 5.01. The van der Waals surface area contributed by atoms with Crippen LogP contribution in [0.3, 0.4) is 0 Å². The highest BCUT2D eigenvalue weighted by molar-refractivity contribution is 5.27. The minimum atomic E-state index is 0.0968. The molecule has 0 saturated carbocycles. The summed E-state index contributed by atoms with van der Waals surface area (Å²) >= 11 is 0. The van der Waals surface area contributed by atoms with Gasteiger partial charge in [0.05, 0.1) is 0 Å². The largest absolute Gasteiger partial charge is 0.479 e. The molecule has 0 bridgehead atoms. The van der Waals surface area contributed by atoms with Gasteiger partial charge in [-0.05, 0) is 38.1 Å². The van der Waals surface area contributed by atoms with E-state index in [9.17, 15) is 0 Å². The Hall–Kier alpha value is -1.57. The summed E-state index contributed by atoms with van der Waals surface area (Å²) < 4.78 is 5.22. The maximum Gasteiger partial charge on any atom is 0.174 e. The summed E-state index contributed by atoms with van der Waals surface area (Å²) in [5.41, 5.74) is 1.22. The molecule has 4 heteroatoms. The zero-order valence-corrected chi connectivity index (χ0v) is 12.7. The molecule has 0 fully saturated rings. The van der Waals surface area contributed by atoms with E-state index in [1.165, 1.54) is 12.0 Å². The lowest BCUT2D eigenvalue weighted by atomic mass is 10.2. The molecule has 110 valence electrons. The molecule has 0 aliphatic heterocycles. The lowest BCUT2D eigenvalue weighted by Crippen LogP contribution is -2.34. The summed E-state index contributed by atoms with van der Waals surface area (Å²) in [6, 6.07) is 10.4. The number of likely N-dealkylation sites (N-methyl/N-ethyl adjacent to an activating group) is 1.